The molecule has 0 amide bonds. The van der Waals surface area contributed by atoms with E-state index in [0.717, 1.165) is 6.42 Å². The molecule has 0 aromatic heterocycles. The maximum atomic E-state index is 12.9. The number of rotatable bonds is 6. The van der Waals surface area contributed by atoms with Gasteiger partial charge in [0, 0.05) is 18.0 Å². The Morgan fingerprint density at radius 1 is 1.00 bits per heavy atom. The van der Waals surface area contributed by atoms with Crippen molar-refractivity contribution in [2.45, 2.75) is 32.7 Å². The second kappa shape index (κ2) is 7.13. The summed E-state index contributed by atoms with van der Waals surface area (Å²) in [7, 11) is 0. The fraction of sp³-hybridized carbons (Fsp3) is 0.632. The second-order valence-corrected chi connectivity index (χ2v) is 6.71. The first-order valence-electron chi connectivity index (χ1n) is 9.18. The van der Waals surface area contributed by atoms with Crippen molar-refractivity contribution in [3.05, 3.63) is 23.9 Å². The predicted octanol–water partition coefficient (Wildman–Crippen LogP) is 1.34. The van der Waals surface area contributed by atoms with E-state index in [4.69, 9.17) is 14.2 Å². The Kier molecular flexibility index (Phi) is 5.07. The summed E-state index contributed by atoms with van der Waals surface area (Å²) in [4.78, 5) is 38.2. The lowest BCUT2D eigenvalue weighted by Gasteiger charge is -2.44. The molecular formula is C19H25NO6. The van der Waals surface area contributed by atoms with Crippen molar-refractivity contribution in [1.82, 2.24) is 5.32 Å². The van der Waals surface area contributed by atoms with Gasteiger partial charge >= 0.3 is 17.9 Å². The van der Waals surface area contributed by atoms with E-state index >= 15 is 0 Å². The van der Waals surface area contributed by atoms with Crippen molar-refractivity contribution < 1.29 is 28.6 Å². The minimum absolute atomic E-state index is 0.00978. The smallest absolute Gasteiger partial charge is 0.343 e. The molecule has 0 aromatic rings. The summed E-state index contributed by atoms with van der Waals surface area (Å²) in [6, 6.07) is 0. The van der Waals surface area contributed by atoms with Crippen LogP contribution in [0, 0.1) is 23.7 Å². The highest BCUT2D eigenvalue weighted by atomic mass is 16.6. The lowest BCUT2D eigenvalue weighted by Crippen LogP contribution is -2.67. The standard InChI is InChI=1S/C19H25NO6/c1-4-24-16(21)13-10-20-19(17(22)25-5-2,18(23)26-6-3)15-12-8-7-11(9-12)14(13)15/h7-8,10-12,14-15,20H,4-6,9H2,1-3H3. The van der Waals surface area contributed by atoms with Gasteiger partial charge in [-0.15, -0.1) is 0 Å². The van der Waals surface area contributed by atoms with Crippen LogP contribution >= 0.6 is 0 Å². The molecule has 7 heteroatoms. The molecule has 0 radical (unpaired) electrons. The van der Waals surface area contributed by atoms with E-state index in [-0.39, 0.29) is 37.6 Å². The molecule has 1 aliphatic heterocycles. The van der Waals surface area contributed by atoms with Crippen LogP contribution in [0.2, 0.25) is 0 Å². The van der Waals surface area contributed by atoms with Crippen LogP contribution in [0.1, 0.15) is 27.2 Å². The molecule has 4 atom stereocenters. The number of nitrogens with one attached hydrogen (secondary N) is 1. The average Bonchev–Trinajstić information content (AvgIpc) is 3.24. The van der Waals surface area contributed by atoms with E-state index in [1.807, 2.05) is 6.08 Å². The highest BCUT2D eigenvalue weighted by Gasteiger charge is 2.66. The van der Waals surface area contributed by atoms with Crippen LogP contribution in [0.15, 0.2) is 23.9 Å². The average molecular weight is 363 g/mol. The summed E-state index contributed by atoms with van der Waals surface area (Å²) in [6.07, 6.45) is 6.32. The molecule has 2 bridgehead atoms. The van der Waals surface area contributed by atoms with E-state index in [2.05, 4.69) is 11.4 Å². The third kappa shape index (κ3) is 2.61. The van der Waals surface area contributed by atoms with Gasteiger partial charge in [-0.3, -0.25) is 0 Å². The molecule has 0 aromatic carbocycles. The molecule has 1 fully saturated rings. The van der Waals surface area contributed by atoms with Gasteiger partial charge in [0.25, 0.3) is 0 Å². The van der Waals surface area contributed by atoms with Crippen molar-refractivity contribution in [2.75, 3.05) is 19.8 Å². The zero-order valence-electron chi connectivity index (χ0n) is 15.3. The van der Waals surface area contributed by atoms with Gasteiger partial charge in [0.15, 0.2) is 0 Å². The minimum Gasteiger partial charge on any atom is -0.464 e. The summed E-state index contributed by atoms with van der Waals surface area (Å²) in [5, 5.41) is 2.90. The van der Waals surface area contributed by atoms with Gasteiger partial charge in [-0.2, -0.15) is 0 Å². The SMILES string of the molecule is CCOC(=O)C1=CNC(C(=O)OCC)(C(=O)OCC)C2C3C=CC(C3)C12. The minimum atomic E-state index is -1.64. The zero-order valence-corrected chi connectivity index (χ0v) is 15.3. The van der Waals surface area contributed by atoms with Gasteiger partial charge in [-0.25, -0.2) is 14.4 Å². The molecule has 142 valence electrons. The fourth-order valence-corrected chi connectivity index (χ4v) is 4.59. The van der Waals surface area contributed by atoms with Gasteiger partial charge < -0.3 is 19.5 Å². The maximum Gasteiger partial charge on any atom is 0.343 e. The zero-order chi connectivity index (χ0) is 18.9. The van der Waals surface area contributed by atoms with Crippen molar-refractivity contribution in [3.8, 4) is 0 Å². The van der Waals surface area contributed by atoms with E-state index in [9.17, 15) is 14.4 Å². The molecule has 3 aliphatic rings. The summed E-state index contributed by atoms with van der Waals surface area (Å²) < 4.78 is 15.7. The molecule has 7 nitrogen and oxygen atoms in total. The second-order valence-electron chi connectivity index (χ2n) is 6.71. The molecular weight excluding hydrogens is 338 g/mol. The molecule has 0 spiro atoms. The quantitative estimate of drug-likeness (QED) is 0.330. The number of hydrogen-bond donors (Lipinski definition) is 1. The number of allylic oxidation sites excluding steroid dienone is 2. The van der Waals surface area contributed by atoms with Crippen LogP contribution in [0.5, 0.6) is 0 Å². The van der Waals surface area contributed by atoms with E-state index in [0.29, 0.717) is 5.57 Å². The predicted molar refractivity (Wildman–Crippen MR) is 91.6 cm³/mol. The summed E-state index contributed by atoms with van der Waals surface area (Å²) in [5.74, 6) is -2.38. The van der Waals surface area contributed by atoms with E-state index < -0.39 is 29.4 Å². The molecule has 2 aliphatic carbocycles. The molecule has 1 heterocycles. The van der Waals surface area contributed by atoms with Crippen molar-refractivity contribution in [3.63, 3.8) is 0 Å². The Bertz CT molecular complexity index is 649. The highest BCUT2D eigenvalue weighted by Crippen LogP contribution is 2.57. The van der Waals surface area contributed by atoms with Crippen LogP contribution in [-0.4, -0.2) is 43.3 Å². The number of hydrogen-bond acceptors (Lipinski definition) is 7. The van der Waals surface area contributed by atoms with Crippen LogP contribution < -0.4 is 5.32 Å². The highest BCUT2D eigenvalue weighted by molar-refractivity contribution is 6.07. The number of esters is 3. The number of carbonyl (C=O) groups excluding carboxylic acids is 3. The lowest BCUT2D eigenvalue weighted by molar-refractivity contribution is -0.172. The normalized spacial score (nSPS) is 30.0. The monoisotopic (exact) mass is 363 g/mol. The molecule has 1 N–H and O–H groups in total. The van der Waals surface area contributed by atoms with Gasteiger partial charge in [-0.05, 0) is 39.0 Å². The molecule has 1 saturated carbocycles. The molecule has 26 heavy (non-hydrogen) atoms. The third-order valence-electron chi connectivity index (χ3n) is 5.48. The number of fused-ring (bicyclic) bond motifs is 5. The van der Waals surface area contributed by atoms with Crippen LogP contribution in [0.25, 0.3) is 0 Å². The largest absolute Gasteiger partial charge is 0.464 e. The van der Waals surface area contributed by atoms with Crippen LogP contribution in [-0.2, 0) is 28.6 Å². The van der Waals surface area contributed by atoms with Crippen molar-refractivity contribution in [1.29, 1.82) is 0 Å². The number of carbonyl (C=O) groups is 3. The Morgan fingerprint density at radius 2 is 1.58 bits per heavy atom. The van der Waals surface area contributed by atoms with Gasteiger partial charge in [-0.1, -0.05) is 12.2 Å². The molecule has 3 rings (SSSR count). The Hall–Kier alpha value is -2.31. The summed E-state index contributed by atoms with van der Waals surface area (Å²) >= 11 is 0. The Balaban J connectivity index is 2.08. The Morgan fingerprint density at radius 3 is 2.15 bits per heavy atom. The first kappa shape index (κ1) is 18.5. The van der Waals surface area contributed by atoms with Gasteiger partial charge in [0.1, 0.15) is 0 Å². The van der Waals surface area contributed by atoms with E-state index in [1.165, 1.54) is 6.20 Å². The first-order valence-corrected chi connectivity index (χ1v) is 9.18. The van der Waals surface area contributed by atoms with Gasteiger partial charge in [0.05, 0.1) is 25.4 Å². The van der Waals surface area contributed by atoms with Crippen LogP contribution in [0.4, 0.5) is 0 Å². The molecule has 0 saturated heterocycles. The first-order chi connectivity index (χ1) is 12.5. The molecule has 4 unspecified atom stereocenters. The maximum absolute atomic E-state index is 12.9. The van der Waals surface area contributed by atoms with E-state index in [1.54, 1.807) is 20.8 Å². The van der Waals surface area contributed by atoms with Crippen LogP contribution in [0.3, 0.4) is 0 Å². The van der Waals surface area contributed by atoms with Crippen molar-refractivity contribution in [2.24, 2.45) is 23.7 Å². The Labute approximate surface area is 152 Å². The van der Waals surface area contributed by atoms with Gasteiger partial charge in [0.2, 0.25) is 5.54 Å². The fourth-order valence-electron chi connectivity index (χ4n) is 4.59. The summed E-state index contributed by atoms with van der Waals surface area (Å²) in [6.45, 7) is 5.69. The van der Waals surface area contributed by atoms with Crippen molar-refractivity contribution >= 4 is 17.9 Å². The lowest BCUT2D eigenvalue weighted by atomic mass is 9.65. The third-order valence-corrected chi connectivity index (χ3v) is 5.48. The summed E-state index contributed by atoms with van der Waals surface area (Å²) in [5.41, 5.74) is -1.17. The number of ether oxygens (including phenoxy) is 3. The topological polar surface area (TPSA) is 90.9 Å².